The first-order valence-electron chi connectivity index (χ1n) is 10.5. The summed E-state index contributed by atoms with van der Waals surface area (Å²) in [5.74, 6) is 1.47. The Bertz CT molecular complexity index is 856. The average Bonchev–Trinajstić information content (AvgIpc) is 3.04. The number of hydrogen-bond acceptors (Lipinski definition) is 2. The third-order valence-corrected chi connectivity index (χ3v) is 4.77. The quantitative estimate of drug-likeness (QED) is 0.407. The van der Waals surface area contributed by atoms with Gasteiger partial charge in [-0.3, -0.25) is 0 Å². The maximum atomic E-state index is 12.9. The molecule has 0 fully saturated rings. The molecule has 3 rings (SSSR count). The fourth-order valence-corrected chi connectivity index (χ4v) is 3.26. The van der Waals surface area contributed by atoms with Crippen LogP contribution in [-0.2, 0) is 6.42 Å². The third kappa shape index (κ3) is 8.53. The number of fused-ring (bicyclic) bond motifs is 1. The van der Waals surface area contributed by atoms with Crippen LogP contribution in [0.3, 0.4) is 0 Å². The maximum Gasteiger partial charge on any atom is 0.126 e. The van der Waals surface area contributed by atoms with Crippen molar-refractivity contribution in [1.82, 2.24) is 15.0 Å². The molecular weight excluding hydrogens is 385 g/mol. The molecule has 0 aliphatic carbocycles. The Morgan fingerprint density at radius 3 is 2.31 bits per heavy atom. The zero-order valence-electron chi connectivity index (χ0n) is 18.4. The molecule has 1 N–H and O–H groups in total. The topological polar surface area (TPSA) is 41.6 Å². The van der Waals surface area contributed by atoms with Gasteiger partial charge in [-0.2, -0.15) is 0 Å². The van der Waals surface area contributed by atoms with E-state index in [1.807, 2.05) is 19.9 Å². The van der Waals surface area contributed by atoms with E-state index in [2.05, 4.69) is 35.7 Å². The Labute approximate surface area is 181 Å². The molecule has 0 atom stereocenters. The second-order valence-electron chi connectivity index (χ2n) is 7.96. The van der Waals surface area contributed by atoms with Gasteiger partial charge in [-0.05, 0) is 43.5 Å². The van der Waals surface area contributed by atoms with Crippen LogP contribution in [0.2, 0.25) is 0 Å². The van der Waals surface area contributed by atoms with Crippen molar-refractivity contribution in [2.45, 2.75) is 73.1 Å². The zero-order valence-corrected chi connectivity index (χ0v) is 19.2. The summed E-state index contributed by atoms with van der Waals surface area (Å²) in [5, 5.41) is 0. The lowest BCUT2D eigenvalue weighted by Gasteiger charge is -2.01. The van der Waals surface area contributed by atoms with E-state index in [-0.39, 0.29) is 18.2 Å². The molecule has 3 nitrogen and oxygen atoms in total. The maximum absolute atomic E-state index is 12.9. The third-order valence-electron chi connectivity index (χ3n) is 4.77. The molecule has 0 bridgehead atoms. The lowest BCUT2D eigenvalue weighted by atomic mass is 10.1. The lowest BCUT2D eigenvalue weighted by Crippen LogP contribution is -1.91. The number of rotatable bonds is 7. The molecule has 3 aromatic rings. The number of H-pyrrole nitrogens is 1. The van der Waals surface area contributed by atoms with Crippen LogP contribution in [0.15, 0.2) is 30.3 Å². The normalized spacial score (nSPS) is 10.6. The summed E-state index contributed by atoms with van der Waals surface area (Å²) in [7, 11) is 0. The van der Waals surface area contributed by atoms with Crippen molar-refractivity contribution in [3.8, 4) is 0 Å². The van der Waals surface area contributed by atoms with Crippen LogP contribution in [0, 0.1) is 25.6 Å². The van der Waals surface area contributed by atoms with Crippen molar-refractivity contribution in [3.63, 3.8) is 0 Å². The highest BCUT2D eigenvalue weighted by Crippen LogP contribution is 2.18. The first-order valence-corrected chi connectivity index (χ1v) is 10.5. The molecule has 0 saturated heterocycles. The summed E-state index contributed by atoms with van der Waals surface area (Å²) >= 11 is 0. The van der Waals surface area contributed by atoms with Gasteiger partial charge in [-0.1, -0.05) is 65.0 Å². The Kier molecular flexibility index (Phi) is 10.9. The van der Waals surface area contributed by atoms with E-state index in [1.165, 1.54) is 44.2 Å². The van der Waals surface area contributed by atoms with Crippen LogP contribution in [0.4, 0.5) is 4.39 Å². The number of benzene rings is 1. The van der Waals surface area contributed by atoms with Gasteiger partial charge in [0.15, 0.2) is 0 Å². The second-order valence-corrected chi connectivity index (χ2v) is 7.96. The van der Waals surface area contributed by atoms with Gasteiger partial charge in [0.05, 0.1) is 16.7 Å². The van der Waals surface area contributed by atoms with E-state index in [0.29, 0.717) is 0 Å². The van der Waals surface area contributed by atoms with Gasteiger partial charge in [-0.25, -0.2) is 14.4 Å². The van der Waals surface area contributed by atoms with E-state index in [4.69, 9.17) is 0 Å². The van der Waals surface area contributed by atoms with Crippen LogP contribution < -0.4 is 0 Å². The summed E-state index contributed by atoms with van der Waals surface area (Å²) in [6, 6.07) is 8.58. The van der Waals surface area contributed by atoms with Crippen molar-refractivity contribution in [2.24, 2.45) is 5.92 Å². The highest BCUT2D eigenvalue weighted by atomic mass is 35.5. The minimum absolute atomic E-state index is 0. The van der Waals surface area contributed by atoms with Gasteiger partial charge in [-0.15, -0.1) is 12.4 Å². The van der Waals surface area contributed by atoms with E-state index in [0.717, 1.165) is 46.1 Å². The number of unbranched alkanes of at least 4 members (excludes halogenated alkanes) is 3. The summed E-state index contributed by atoms with van der Waals surface area (Å²) in [5.41, 5.74) is 4.98. The molecule has 0 spiro atoms. The molecule has 0 aliphatic rings. The number of hydrogen-bond donors (Lipinski definition) is 1. The molecule has 0 aliphatic heterocycles. The first-order chi connectivity index (χ1) is 13.4. The van der Waals surface area contributed by atoms with E-state index >= 15 is 0 Å². The monoisotopic (exact) mass is 419 g/mol. The number of aromatic amines is 1. The van der Waals surface area contributed by atoms with Gasteiger partial charge in [0.1, 0.15) is 11.6 Å². The van der Waals surface area contributed by atoms with Crippen molar-refractivity contribution in [2.75, 3.05) is 0 Å². The summed E-state index contributed by atoms with van der Waals surface area (Å²) in [6.45, 7) is 10.7. The highest BCUT2D eigenvalue weighted by Gasteiger charge is 2.07. The van der Waals surface area contributed by atoms with E-state index in [9.17, 15) is 4.39 Å². The van der Waals surface area contributed by atoms with Gasteiger partial charge in [0, 0.05) is 12.1 Å². The molecule has 2 aromatic heterocycles. The molecule has 0 radical (unpaired) electrons. The van der Waals surface area contributed by atoms with Gasteiger partial charge in [0.25, 0.3) is 0 Å². The molecule has 0 amide bonds. The van der Waals surface area contributed by atoms with Crippen LogP contribution in [-0.4, -0.2) is 15.0 Å². The van der Waals surface area contributed by atoms with Crippen molar-refractivity contribution >= 4 is 23.4 Å². The Morgan fingerprint density at radius 2 is 1.69 bits per heavy atom. The molecule has 5 heteroatoms. The van der Waals surface area contributed by atoms with E-state index in [1.54, 1.807) is 12.1 Å². The summed E-state index contributed by atoms with van der Waals surface area (Å²) in [6.07, 6.45) is 7.81. The number of aryl methyl sites for hydroxylation is 2. The minimum atomic E-state index is -0.210. The van der Waals surface area contributed by atoms with Crippen molar-refractivity contribution < 1.29 is 4.39 Å². The summed E-state index contributed by atoms with van der Waals surface area (Å²) < 4.78 is 12.9. The molecule has 2 heterocycles. The Morgan fingerprint density at radius 1 is 1.00 bits per heavy atom. The highest BCUT2D eigenvalue weighted by molar-refractivity contribution is 5.85. The zero-order chi connectivity index (χ0) is 20.5. The van der Waals surface area contributed by atoms with Gasteiger partial charge >= 0.3 is 0 Å². The number of nitrogens with zero attached hydrogens (tertiary/aromatic N) is 2. The van der Waals surface area contributed by atoms with Gasteiger partial charge < -0.3 is 4.98 Å². The number of nitrogens with one attached hydrogen (secondary N) is 1. The molecule has 1 aromatic carbocycles. The summed E-state index contributed by atoms with van der Waals surface area (Å²) in [4.78, 5) is 12.1. The van der Waals surface area contributed by atoms with Crippen LogP contribution >= 0.6 is 12.4 Å². The van der Waals surface area contributed by atoms with Crippen LogP contribution in [0.25, 0.3) is 11.0 Å². The molecule has 29 heavy (non-hydrogen) atoms. The number of aromatic nitrogens is 3. The molecule has 0 unspecified atom stereocenters. The van der Waals surface area contributed by atoms with E-state index < -0.39 is 0 Å². The van der Waals surface area contributed by atoms with Gasteiger partial charge in [0.2, 0.25) is 0 Å². The van der Waals surface area contributed by atoms with Crippen LogP contribution in [0.1, 0.15) is 75.7 Å². The SMILES string of the molecule is CCCCCCC(C)C.Cc1nc(C)c2[nH]c(Cc3ccc(F)cc3)cc2n1.Cl. The fraction of sp³-hybridized carbons (Fsp3) is 0.500. The first kappa shape index (κ1) is 25.1. The smallest absolute Gasteiger partial charge is 0.126 e. The van der Waals surface area contributed by atoms with Crippen molar-refractivity contribution in [3.05, 3.63) is 58.9 Å². The van der Waals surface area contributed by atoms with Crippen molar-refractivity contribution in [1.29, 1.82) is 0 Å². The predicted molar refractivity (Wildman–Crippen MR) is 123 cm³/mol. The fourth-order valence-electron chi connectivity index (χ4n) is 3.26. The molecular formula is C24H35ClFN3. The minimum Gasteiger partial charge on any atom is -0.355 e. The van der Waals surface area contributed by atoms with Crippen LogP contribution in [0.5, 0.6) is 0 Å². The number of halogens is 2. The predicted octanol–water partition coefficient (Wildman–Crippen LogP) is 7.34. The molecule has 0 saturated carbocycles. The largest absolute Gasteiger partial charge is 0.355 e. The average molecular weight is 420 g/mol. The lowest BCUT2D eigenvalue weighted by molar-refractivity contribution is 0.525. The Balaban J connectivity index is 0.000000362. The standard InChI is InChI=1S/C15H14FN3.C9H20.ClH/c1-9-15-14(18-10(2)17-9)8-13(19-15)7-11-3-5-12(16)6-4-11;1-4-5-6-7-8-9(2)3;/h3-6,8,19H,7H2,1-2H3;9H,4-8H2,1-3H3;1H. The second kappa shape index (κ2) is 12.6. The Hall–Kier alpha value is -1.94. The molecule has 160 valence electrons.